The second-order valence-electron chi connectivity index (χ2n) is 8.59. The van der Waals surface area contributed by atoms with E-state index in [1.54, 1.807) is 0 Å². The molecule has 4 rings (SSSR count). The van der Waals surface area contributed by atoms with Crippen LogP contribution in [0.3, 0.4) is 0 Å². The number of benzene rings is 1. The van der Waals surface area contributed by atoms with Gasteiger partial charge in [0, 0.05) is 36.8 Å². The third-order valence-corrected chi connectivity index (χ3v) is 6.24. The summed E-state index contributed by atoms with van der Waals surface area (Å²) in [7, 11) is 0. The zero-order chi connectivity index (χ0) is 21.8. The molecule has 2 fully saturated rings. The molecule has 1 aromatic carbocycles. The Morgan fingerprint density at radius 2 is 1.74 bits per heavy atom. The van der Waals surface area contributed by atoms with Crippen LogP contribution in [0.1, 0.15) is 54.1 Å². The summed E-state index contributed by atoms with van der Waals surface area (Å²) >= 11 is 0. The predicted molar refractivity (Wildman–Crippen MR) is 113 cm³/mol. The van der Waals surface area contributed by atoms with Crippen LogP contribution in [-0.2, 0) is 17.4 Å². The Kier molecular flexibility index (Phi) is 6.60. The van der Waals surface area contributed by atoms with Crippen molar-refractivity contribution in [3.05, 3.63) is 65.0 Å². The lowest BCUT2D eigenvalue weighted by atomic mass is 9.93. The smallest absolute Gasteiger partial charge is 0.341 e. The van der Waals surface area contributed by atoms with Gasteiger partial charge < -0.3 is 4.90 Å². The molecule has 0 unspecified atom stereocenters. The molecule has 1 amide bonds. The van der Waals surface area contributed by atoms with Crippen LogP contribution in [0.15, 0.2) is 42.5 Å². The Bertz CT molecular complexity index is 892. The van der Waals surface area contributed by atoms with Gasteiger partial charge in [-0.1, -0.05) is 18.2 Å². The normalized spacial score (nSPS) is 20.2. The molecule has 2 aromatic rings. The molecule has 4 nitrogen and oxygen atoms in total. The van der Waals surface area contributed by atoms with Gasteiger partial charge in [0.2, 0.25) is 5.91 Å². The van der Waals surface area contributed by atoms with Gasteiger partial charge in [-0.05, 0) is 68.6 Å². The topological polar surface area (TPSA) is 36.4 Å². The van der Waals surface area contributed by atoms with Crippen molar-refractivity contribution in [2.45, 2.75) is 44.2 Å². The fourth-order valence-electron chi connectivity index (χ4n) is 4.52. The maximum absolute atomic E-state index is 12.8. The average Bonchev–Trinajstić information content (AvgIpc) is 3.27. The Morgan fingerprint density at radius 1 is 1.00 bits per heavy atom. The van der Waals surface area contributed by atoms with Crippen molar-refractivity contribution in [1.82, 2.24) is 14.8 Å². The molecule has 0 radical (unpaired) electrons. The van der Waals surface area contributed by atoms with Crippen molar-refractivity contribution < 1.29 is 18.0 Å². The molecule has 0 bridgehead atoms. The Hall–Kier alpha value is -2.41. The van der Waals surface area contributed by atoms with Crippen LogP contribution in [0.4, 0.5) is 13.2 Å². The lowest BCUT2D eigenvalue weighted by Gasteiger charge is -2.33. The van der Waals surface area contributed by atoms with Crippen LogP contribution in [0.5, 0.6) is 0 Å². The molecule has 166 valence electrons. The van der Waals surface area contributed by atoms with Crippen molar-refractivity contribution in [2.24, 2.45) is 0 Å². The summed E-state index contributed by atoms with van der Waals surface area (Å²) in [6, 6.07) is 11.1. The highest BCUT2D eigenvalue weighted by atomic mass is 19.4. The molecule has 0 N–H and O–H groups in total. The largest absolute Gasteiger partial charge is 0.416 e. The van der Waals surface area contributed by atoms with E-state index in [0.29, 0.717) is 19.5 Å². The highest BCUT2D eigenvalue weighted by Gasteiger charge is 2.30. The number of pyridine rings is 1. The third-order valence-electron chi connectivity index (χ3n) is 6.24. The minimum absolute atomic E-state index is 0.198. The summed E-state index contributed by atoms with van der Waals surface area (Å²) in [5.41, 5.74) is 1.95. The van der Waals surface area contributed by atoms with Crippen molar-refractivity contribution in [3.63, 3.8) is 0 Å². The standard InChI is InChI=1S/C24H28F3N3O/c25-24(26,27)20-10-8-18(9-11-20)15-21-6-3-7-22(28-21)19-5-4-14-30(16-19)23(31)17-29-12-1-2-13-29/h3,6-11,19H,1-2,4-5,12-17H2/t19-/m1/s1. The summed E-state index contributed by atoms with van der Waals surface area (Å²) in [5.74, 6) is 0.399. The summed E-state index contributed by atoms with van der Waals surface area (Å²) in [6.07, 6.45) is 0.453. The second kappa shape index (κ2) is 9.39. The van der Waals surface area contributed by atoms with Gasteiger partial charge in [0.15, 0.2) is 0 Å². The van der Waals surface area contributed by atoms with Crippen molar-refractivity contribution in [3.8, 4) is 0 Å². The highest BCUT2D eigenvalue weighted by molar-refractivity contribution is 5.78. The van der Waals surface area contributed by atoms with E-state index in [0.717, 1.165) is 61.6 Å². The minimum Gasteiger partial charge on any atom is -0.341 e. The number of likely N-dealkylation sites (tertiary alicyclic amines) is 2. The second-order valence-corrected chi connectivity index (χ2v) is 8.59. The predicted octanol–water partition coefficient (Wildman–Crippen LogP) is 4.49. The van der Waals surface area contributed by atoms with E-state index in [9.17, 15) is 18.0 Å². The van der Waals surface area contributed by atoms with Crippen LogP contribution in [0.25, 0.3) is 0 Å². The van der Waals surface area contributed by atoms with E-state index in [4.69, 9.17) is 4.98 Å². The summed E-state index contributed by atoms with van der Waals surface area (Å²) < 4.78 is 38.3. The number of nitrogens with zero attached hydrogens (tertiary/aromatic N) is 3. The number of rotatable bonds is 5. The van der Waals surface area contributed by atoms with Crippen LogP contribution in [0.2, 0.25) is 0 Å². The lowest BCUT2D eigenvalue weighted by Crippen LogP contribution is -2.44. The van der Waals surface area contributed by atoms with Crippen LogP contribution < -0.4 is 0 Å². The van der Waals surface area contributed by atoms with Gasteiger partial charge in [0.1, 0.15) is 0 Å². The zero-order valence-corrected chi connectivity index (χ0v) is 17.6. The number of aromatic nitrogens is 1. The first-order chi connectivity index (χ1) is 14.9. The van der Waals surface area contributed by atoms with Crippen LogP contribution in [-0.4, -0.2) is 53.4 Å². The van der Waals surface area contributed by atoms with E-state index in [1.165, 1.54) is 25.0 Å². The Morgan fingerprint density at radius 3 is 2.45 bits per heavy atom. The van der Waals surface area contributed by atoms with Crippen LogP contribution >= 0.6 is 0 Å². The number of carbonyl (C=O) groups excluding carboxylic acids is 1. The summed E-state index contributed by atoms with van der Waals surface area (Å²) in [4.78, 5) is 21.7. The molecule has 2 aliphatic rings. The average molecular weight is 432 g/mol. The minimum atomic E-state index is -4.32. The molecular weight excluding hydrogens is 403 g/mol. The Balaban J connectivity index is 1.39. The number of hydrogen-bond donors (Lipinski definition) is 0. The molecule has 2 saturated heterocycles. The van der Waals surface area contributed by atoms with Crippen LogP contribution in [0, 0.1) is 0 Å². The van der Waals surface area contributed by atoms with E-state index in [1.807, 2.05) is 23.1 Å². The summed E-state index contributed by atoms with van der Waals surface area (Å²) in [6.45, 7) is 4.01. The van der Waals surface area contributed by atoms with E-state index < -0.39 is 11.7 Å². The molecule has 3 heterocycles. The van der Waals surface area contributed by atoms with Crippen molar-refractivity contribution >= 4 is 5.91 Å². The number of alkyl halides is 3. The first-order valence-electron chi connectivity index (χ1n) is 11.0. The monoisotopic (exact) mass is 431 g/mol. The number of carbonyl (C=O) groups is 1. The first kappa shape index (κ1) is 21.8. The maximum atomic E-state index is 12.8. The molecule has 1 aromatic heterocycles. The Labute approximate surface area is 181 Å². The number of halogens is 3. The van der Waals surface area contributed by atoms with Gasteiger partial charge in [-0.25, -0.2) is 0 Å². The molecule has 0 spiro atoms. The lowest BCUT2D eigenvalue weighted by molar-refractivity contribution is -0.137. The van der Waals surface area contributed by atoms with Crippen molar-refractivity contribution in [2.75, 3.05) is 32.7 Å². The molecule has 0 saturated carbocycles. The molecule has 1 atom stereocenters. The van der Waals surface area contributed by atoms with Gasteiger partial charge in [0.25, 0.3) is 0 Å². The quantitative estimate of drug-likeness (QED) is 0.700. The molecule has 31 heavy (non-hydrogen) atoms. The first-order valence-corrected chi connectivity index (χ1v) is 11.0. The van der Waals surface area contributed by atoms with Gasteiger partial charge in [-0.15, -0.1) is 0 Å². The van der Waals surface area contributed by atoms with Gasteiger partial charge >= 0.3 is 6.18 Å². The van der Waals surface area contributed by atoms with Gasteiger partial charge in [0.05, 0.1) is 12.1 Å². The van der Waals surface area contributed by atoms with E-state index in [2.05, 4.69) is 4.90 Å². The zero-order valence-electron chi connectivity index (χ0n) is 17.6. The molecule has 0 aliphatic carbocycles. The number of hydrogen-bond acceptors (Lipinski definition) is 3. The number of amides is 1. The van der Waals surface area contributed by atoms with Gasteiger partial charge in [-0.3, -0.25) is 14.7 Å². The third kappa shape index (κ3) is 5.64. The fourth-order valence-corrected chi connectivity index (χ4v) is 4.52. The molecule has 2 aliphatic heterocycles. The van der Waals surface area contributed by atoms with Gasteiger partial charge in [-0.2, -0.15) is 13.2 Å². The van der Waals surface area contributed by atoms with E-state index in [-0.39, 0.29) is 11.8 Å². The SMILES string of the molecule is O=C(CN1CCCC1)N1CCC[C@@H](c2cccc(Cc3ccc(C(F)(F)F)cc3)n2)C1. The highest BCUT2D eigenvalue weighted by Crippen LogP contribution is 2.30. The fraction of sp³-hybridized carbons (Fsp3) is 0.500. The molecular formula is C24H28F3N3O. The summed E-state index contributed by atoms with van der Waals surface area (Å²) in [5, 5.41) is 0. The maximum Gasteiger partial charge on any atom is 0.416 e. The van der Waals surface area contributed by atoms with E-state index >= 15 is 0 Å². The number of piperidine rings is 1. The van der Waals surface area contributed by atoms with Crippen molar-refractivity contribution in [1.29, 1.82) is 0 Å². The molecule has 7 heteroatoms.